The molecule has 2 saturated carbocycles. The number of morpholine rings is 3. The topological polar surface area (TPSA) is 248 Å². The first-order valence-corrected chi connectivity index (χ1v) is 38.6. The van der Waals surface area contributed by atoms with Crippen molar-refractivity contribution < 1.29 is 84.1 Å². The van der Waals surface area contributed by atoms with Crippen molar-refractivity contribution in [3.05, 3.63) is 194 Å². The fourth-order valence-corrected chi connectivity index (χ4v) is 14.5. The van der Waals surface area contributed by atoms with Crippen molar-refractivity contribution >= 4 is 99.3 Å². The molecule has 5 aliphatic rings. The summed E-state index contributed by atoms with van der Waals surface area (Å²) in [7, 11) is 2.70. The zero-order chi connectivity index (χ0) is 78.3. The number of hydrogen-bond donors (Lipinski definition) is 0. The zero-order valence-electron chi connectivity index (χ0n) is 61.5. The molecule has 6 aromatic heterocycles. The molecule has 5 fully saturated rings. The molecule has 0 unspecified atom stereocenters. The van der Waals surface area contributed by atoms with Crippen molar-refractivity contribution in [2.75, 3.05) is 133 Å². The molecule has 10 aromatic rings. The van der Waals surface area contributed by atoms with Crippen molar-refractivity contribution in [1.82, 2.24) is 44.6 Å². The summed E-state index contributed by atoms with van der Waals surface area (Å²) in [5, 5.41) is 2.59. The minimum atomic E-state index is -1.10. The van der Waals surface area contributed by atoms with Gasteiger partial charge in [0.05, 0.1) is 97.0 Å². The first-order chi connectivity index (χ1) is 54.4. The maximum atomic E-state index is 15.3. The molecule has 4 aromatic carbocycles. The molecule has 0 amide bonds. The van der Waals surface area contributed by atoms with Gasteiger partial charge in [0.1, 0.15) is 40.3 Å². The van der Waals surface area contributed by atoms with Crippen molar-refractivity contribution in [3.8, 4) is 52.1 Å². The van der Waals surface area contributed by atoms with E-state index in [1.54, 1.807) is 73.6 Å². The lowest BCUT2D eigenvalue weighted by Crippen LogP contribution is -2.38. The van der Waals surface area contributed by atoms with Crippen molar-refractivity contribution in [2.45, 2.75) is 51.4 Å². The van der Waals surface area contributed by atoms with Crippen LogP contribution >= 0.6 is 43.5 Å². The maximum Gasteiger partial charge on any atom is 0.230 e. The SMILES string of the molecule is COc1cc(CC(=O)C2(C(=O)Cc3ccc(Oc4ccnc5c(Br)c(OCCN6CCOCC6)ncc45)c(F)c3)CC2)ccc1F.COc1cc(CC(=O)C2(C(=O)Cc3ccc(Oc4ccnc5cc(OCCN6CCOCC6)ncc45)c(F)c3)CC2)ccc1F.Clc1ccnc2c(Br)c(OCCN3CCOCC3)ncc12. The molecule has 3 saturated heterocycles. The van der Waals surface area contributed by atoms with Crippen molar-refractivity contribution in [3.63, 3.8) is 0 Å². The molecule has 0 atom stereocenters. The predicted octanol–water partition coefficient (Wildman–Crippen LogP) is 13.8. The molecular weight excluding hydrogens is 1610 g/mol. The van der Waals surface area contributed by atoms with Crippen LogP contribution in [0, 0.1) is 34.1 Å². The van der Waals surface area contributed by atoms with E-state index in [-0.39, 0.29) is 71.8 Å². The highest BCUT2D eigenvalue weighted by Gasteiger charge is 2.55. The van der Waals surface area contributed by atoms with Gasteiger partial charge in [-0.1, -0.05) is 35.9 Å². The minimum absolute atomic E-state index is 0.0136. The van der Waals surface area contributed by atoms with E-state index in [1.165, 1.54) is 74.9 Å². The van der Waals surface area contributed by atoms with Crippen LogP contribution in [-0.4, -0.2) is 200 Å². The number of pyridine rings is 6. The Balaban J connectivity index is 0.000000157. The van der Waals surface area contributed by atoms with Gasteiger partial charge in [0.15, 0.2) is 69.4 Å². The zero-order valence-corrected chi connectivity index (χ0v) is 65.4. The average molecular weight is 1690 g/mol. The number of carbonyl (C=O) groups excluding carboxylic acids is 4. The van der Waals surface area contributed by atoms with Gasteiger partial charge in [-0.15, -0.1) is 0 Å². The number of halogens is 7. The normalized spacial score (nSPS) is 15.9. The van der Waals surface area contributed by atoms with Gasteiger partial charge < -0.3 is 47.4 Å². The molecule has 112 heavy (non-hydrogen) atoms. The van der Waals surface area contributed by atoms with Gasteiger partial charge in [0.25, 0.3) is 0 Å². The van der Waals surface area contributed by atoms with E-state index in [4.69, 9.17) is 59.0 Å². The molecule has 2 aliphatic carbocycles. The highest BCUT2D eigenvalue weighted by atomic mass is 79.9. The van der Waals surface area contributed by atoms with Crippen LogP contribution in [0.3, 0.4) is 0 Å². The summed E-state index contributed by atoms with van der Waals surface area (Å²) in [6, 6.07) is 23.8. The van der Waals surface area contributed by atoms with Crippen LogP contribution in [-0.2, 0) is 59.1 Å². The van der Waals surface area contributed by atoms with Crippen LogP contribution in [0.25, 0.3) is 32.7 Å². The van der Waals surface area contributed by atoms with E-state index in [0.717, 1.165) is 101 Å². The Labute approximate surface area is 664 Å². The highest BCUT2D eigenvalue weighted by Crippen LogP contribution is 2.51. The monoisotopic (exact) mass is 1680 g/mol. The minimum Gasteiger partial charge on any atom is -0.494 e. The van der Waals surface area contributed by atoms with E-state index in [2.05, 4.69) is 76.5 Å². The largest absolute Gasteiger partial charge is 0.494 e. The number of benzene rings is 4. The average Bonchev–Trinajstić information content (AvgIpc) is 1.57. The molecule has 586 valence electrons. The van der Waals surface area contributed by atoms with Crippen LogP contribution < -0.4 is 33.2 Å². The molecule has 0 N–H and O–H groups in total. The Hall–Kier alpha value is -9.43. The maximum absolute atomic E-state index is 15.3. The number of ketones is 4. The predicted molar refractivity (Wildman–Crippen MR) is 414 cm³/mol. The lowest BCUT2D eigenvalue weighted by Gasteiger charge is -2.26. The Kier molecular flexibility index (Phi) is 27.0. The Morgan fingerprint density at radius 3 is 1.25 bits per heavy atom. The van der Waals surface area contributed by atoms with Crippen LogP contribution in [0.15, 0.2) is 143 Å². The third-order valence-electron chi connectivity index (χ3n) is 20.1. The molecule has 0 spiro atoms. The number of nitrogens with zero attached hydrogens (tertiary/aromatic N) is 9. The first-order valence-electron chi connectivity index (χ1n) is 36.6. The number of carbonyl (C=O) groups is 4. The van der Waals surface area contributed by atoms with E-state index < -0.39 is 34.1 Å². The number of fused-ring (bicyclic) bond motifs is 3. The van der Waals surface area contributed by atoms with Gasteiger partial charge in [-0.05, 0) is 147 Å². The Morgan fingerprint density at radius 2 is 0.812 bits per heavy atom. The fraction of sp³-hybridized carbons (Fsp3) is 0.366. The van der Waals surface area contributed by atoms with Crippen LogP contribution in [0.5, 0.6) is 52.1 Å². The van der Waals surface area contributed by atoms with E-state index in [0.29, 0.717) is 141 Å². The summed E-state index contributed by atoms with van der Waals surface area (Å²) >= 11 is 13.2. The standard InChI is InChI=1S/C34H32BrF2N3O6.C34H33F2N3O6.C14H15BrClN3O2/c1-43-28-17-22(2-4-24(28)36)19-30(42)34(7-8-34)29(41)18-21-3-5-27(25(37)16-21)46-26-6-9-38-32-23(26)20-39-33(31(32)35)45-15-12-40-10-13-44-14-11-40;1-42-30-17-23(2-4-25(30)35)19-32(41)34(7-8-34)31(40)18-22-3-5-29(26(36)16-22)45-28-6-9-37-27-20-33(38-21-24(27)28)44-15-12-39-10-13-43-14-11-39;15-12-13-10(11(16)1-2-17-13)9-18-14(12)21-8-5-19-3-6-20-7-4-19/h2-6,9,16-17,20H,7-8,10-15,18-19H2,1H3;2-6,9,16-17,20-21H,7-8,10-15,18-19H2,1H3;1-2,9H,3-8H2. The molecular formula is C82H80Br2ClF4N9O14. The van der Waals surface area contributed by atoms with E-state index in [9.17, 15) is 28.0 Å². The summed E-state index contributed by atoms with van der Waals surface area (Å²) in [6.45, 7) is 13.7. The molecule has 30 heteroatoms. The summed E-state index contributed by atoms with van der Waals surface area (Å²) in [5.41, 5.74) is 1.70. The summed E-state index contributed by atoms with van der Waals surface area (Å²) in [5.74, 6) is -1.22. The lowest BCUT2D eigenvalue weighted by atomic mass is 9.88. The second-order valence-corrected chi connectivity index (χ2v) is 29.4. The number of hydrogen-bond acceptors (Lipinski definition) is 23. The highest BCUT2D eigenvalue weighted by molar-refractivity contribution is 9.11. The number of ether oxygens (including phenoxy) is 10. The van der Waals surface area contributed by atoms with Crippen LogP contribution in [0.2, 0.25) is 5.02 Å². The van der Waals surface area contributed by atoms with Gasteiger partial charge in [0.2, 0.25) is 17.6 Å². The quantitative estimate of drug-likeness (QED) is 0.0300. The number of methoxy groups -OCH3 is 2. The summed E-state index contributed by atoms with van der Waals surface area (Å²) in [4.78, 5) is 85.8. The smallest absolute Gasteiger partial charge is 0.230 e. The van der Waals surface area contributed by atoms with Gasteiger partial charge in [0, 0.05) is 133 Å². The third kappa shape index (κ3) is 19.9. The number of aromatic nitrogens is 6. The van der Waals surface area contributed by atoms with Crippen LogP contribution in [0.4, 0.5) is 17.6 Å². The van der Waals surface area contributed by atoms with Crippen LogP contribution in [0.1, 0.15) is 47.9 Å². The third-order valence-corrected chi connectivity index (χ3v) is 21.8. The van der Waals surface area contributed by atoms with Gasteiger partial charge in [-0.25, -0.2) is 32.5 Å². The van der Waals surface area contributed by atoms with E-state index >= 15 is 8.78 Å². The second-order valence-electron chi connectivity index (χ2n) is 27.4. The van der Waals surface area contributed by atoms with E-state index in [1.807, 2.05) is 0 Å². The summed E-state index contributed by atoms with van der Waals surface area (Å²) in [6.07, 6.45) is 11.2. The molecule has 0 bridgehead atoms. The number of Topliss-reactive ketones (excluding diaryl/α,β-unsaturated/α-hetero) is 4. The Bertz CT molecular complexity index is 5070. The Morgan fingerprint density at radius 1 is 0.429 bits per heavy atom. The molecule has 23 nitrogen and oxygen atoms in total. The van der Waals surface area contributed by atoms with Gasteiger partial charge >= 0.3 is 0 Å². The molecule has 3 aliphatic heterocycles. The van der Waals surface area contributed by atoms with Crippen molar-refractivity contribution in [1.29, 1.82) is 0 Å². The molecule has 0 radical (unpaired) electrons. The first kappa shape index (κ1) is 80.6. The number of rotatable bonds is 30. The molecule has 15 rings (SSSR count). The van der Waals surface area contributed by atoms with Gasteiger partial charge in [-0.3, -0.25) is 48.8 Å². The van der Waals surface area contributed by atoms with Crippen molar-refractivity contribution in [2.24, 2.45) is 10.8 Å². The summed E-state index contributed by atoms with van der Waals surface area (Å²) < 4.78 is 115. The second kappa shape index (κ2) is 37.5. The lowest BCUT2D eigenvalue weighted by molar-refractivity contribution is -0.135. The fourth-order valence-electron chi connectivity index (χ4n) is 13.3. The van der Waals surface area contributed by atoms with Gasteiger partial charge in [-0.2, -0.15) is 0 Å². The molecule has 9 heterocycles.